The number of benzene rings is 1. The normalized spacial score (nSPS) is 19.0. The molecule has 0 N–H and O–H groups in total. The molecule has 1 aromatic carbocycles. The maximum absolute atomic E-state index is 12.8. The topological polar surface area (TPSA) is 76.2 Å². The van der Waals surface area contributed by atoms with E-state index in [9.17, 15) is 13.2 Å². The van der Waals surface area contributed by atoms with E-state index in [2.05, 4.69) is 0 Å². The van der Waals surface area contributed by atoms with Gasteiger partial charge in [0.25, 0.3) is 0 Å². The van der Waals surface area contributed by atoms with Crippen molar-refractivity contribution in [2.75, 3.05) is 39.5 Å². The van der Waals surface area contributed by atoms with Crippen LogP contribution in [0.4, 0.5) is 4.79 Å². The standard InChI is InChI=1S/C16H22N2O5S/c1-2-23-16(19)17-6-5-13-3-4-15(11-14(13)12-17)24(20,21)18-7-9-22-10-8-18/h3-4,11H,2,5-10,12H2,1H3. The maximum atomic E-state index is 12.8. The van der Waals surface area contributed by atoms with E-state index in [1.54, 1.807) is 24.0 Å². The van der Waals surface area contributed by atoms with E-state index >= 15 is 0 Å². The summed E-state index contributed by atoms with van der Waals surface area (Å²) < 4.78 is 37.2. The molecular formula is C16H22N2O5S. The van der Waals surface area contributed by atoms with Crippen molar-refractivity contribution in [2.45, 2.75) is 24.8 Å². The van der Waals surface area contributed by atoms with E-state index < -0.39 is 10.0 Å². The van der Waals surface area contributed by atoms with Gasteiger partial charge in [-0.3, -0.25) is 0 Å². The molecule has 24 heavy (non-hydrogen) atoms. The number of rotatable bonds is 3. The molecule has 0 atom stereocenters. The molecule has 3 rings (SSSR count). The second kappa shape index (κ2) is 7.08. The Labute approximate surface area is 142 Å². The van der Waals surface area contributed by atoms with Crippen molar-refractivity contribution in [1.82, 2.24) is 9.21 Å². The minimum atomic E-state index is -3.52. The van der Waals surface area contributed by atoms with E-state index in [1.807, 2.05) is 6.07 Å². The Kier molecular flexibility index (Phi) is 5.07. The van der Waals surface area contributed by atoms with Crippen molar-refractivity contribution < 1.29 is 22.7 Å². The SMILES string of the molecule is CCOC(=O)N1CCc2ccc(S(=O)(=O)N3CCOCC3)cc2C1. The molecule has 0 spiro atoms. The van der Waals surface area contributed by atoms with Gasteiger partial charge in [-0.2, -0.15) is 4.31 Å². The largest absolute Gasteiger partial charge is 0.450 e. The Balaban J connectivity index is 1.83. The Hall–Kier alpha value is -1.64. The molecular weight excluding hydrogens is 332 g/mol. The van der Waals surface area contributed by atoms with Gasteiger partial charge in [0, 0.05) is 26.2 Å². The molecule has 0 aliphatic carbocycles. The van der Waals surface area contributed by atoms with Crippen LogP contribution in [0.5, 0.6) is 0 Å². The van der Waals surface area contributed by atoms with E-state index in [1.165, 1.54) is 4.31 Å². The molecule has 1 aromatic rings. The molecule has 0 aromatic heterocycles. The molecule has 8 heteroatoms. The molecule has 2 aliphatic heterocycles. The van der Waals surface area contributed by atoms with Crippen molar-refractivity contribution in [3.63, 3.8) is 0 Å². The minimum absolute atomic E-state index is 0.272. The summed E-state index contributed by atoms with van der Waals surface area (Å²) >= 11 is 0. The fourth-order valence-electron chi connectivity index (χ4n) is 3.00. The van der Waals surface area contributed by atoms with Crippen LogP contribution in [0.1, 0.15) is 18.1 Å². The number of morpholine rings is 1. The molecule has 132 valence electrons. The van der Waals surface area contributed by atoms with Crippen molar-refractivity contribution in [1.29, 1.82) is 0 Å². The molecule has 0 radical (unpaired) electrons. The monoisotopic (exact) mass is 354 g/mol. The Morgan fingerprint density at radius 2 is 1.96 bits per heavy atom. The van der Waals surface area contributed by atoms with Gasteiger partial charge in [-0.1, -0.05) is 6.07 Å². The minimum Gasteiger partial charge on any atom is -0.450 e. The molecule has 1 amide bonds. The smallest absolute Gasteiger partial charge is 0.410 e. The molecule has 2 aliphatic rings. The van der Waals surface area contributed by atoms with Gasteiger partial charge in [0.05, 0.1) is 24.7 Å². The summed E-state index contributed by atoms with van der Waals surface area (Å²) in [6.45, 7) is 4.63. The Morgan fingerprint density at radius 1 is 1.21 bits per heavy atom. The predicted molar refractivity (Wildman–Crippen MR) is 87.2 cm³/mol. The van der Waals surface area contributed by atoms with Crippen LogP contribution in [-0.2, 0) is 32.5 Å². The van der Waals surface area contributed by atoms with Crippen LogP contribution >= 0.6 is 0 Å². The van der Waals surface area contributed by atoms with Gasteiger partial charge in [-0.15, -0.1) is 0 Å². The van der Waals surface area contributed by atoms with Gasteiger partial charge < -0.3 is 14.4 Å². The fraction of sp³-hybridized carbons (Fsp3) is 0.562. The first-order valence-electron chi connectivity index (χ1n) is 8.14. The summed E-state index contributed by atoms with van der Waals surface area (Å²) in [7, 11) is -3.52. The van der Waals surface area contributed by atoms with Gasteiger partial charge in [0.15, 0.2) is 0 Å². The lowest BCUT2D eigenvalue weighted by Gasteiger charge is -2.29. The molecule has 2 heterocycles. The van der Waals surface area contributed by atoms with Gasteiger partial charge in [-0.05, 0) is 36.6 Å². The summed E-state index contributed by atoms with van der Waals surface area (Å²) in [5, 5.41) is 0. The summed E-state index contributed by atoms with van der Waals surface area (Å²) in [6, 6.07) is 5.19. The van der Waals surface area contributed by atoms with E-state index in [0.717, 1.165) is 11.1 Å². The van der Waals surface area contributed by atoms with E-state index in [0.29, 0.717) is 52.4 Å². The molecule has 0 unspecified atom stereocenters. The highest BCUT2D eigenvalue weighted by Gasteiger charge is 2.28. The molecule has 7 nitrogen and oxygen atoms in total. The van der Waals surface area contributed by atoms with Crippen LogP contribution in [0, 0.1) is 0 Å². The van der Waals surface area contributed by atoms with Gasteiger partial charge in [0.2, 0.25) is 10.0 Å². The third-order valence-corrected chi connectivity index (χ3v) is 6.22. The maximum Gasteiger partial charge on any atom is 0.410 e. The van der Waals surface area contributed by atoms with Crippen molar-refractivity contribution >= 4 is 16.1 Å². The van der Waals surface area contributed by atoms with Crippen LogP contribution in [0.3, 0.4) is 0 Å². The summed E-state index contributed by atoms with van der Waals surface area (Å²) in [5.41, 5.74) is 1.94. The first-order valence-corrected chi connectivity index (χ1v) is 9.58. The van der Waals surface area contributed by atoms with Crippen molar-refractivity contribution in [3.05, 3.63) is 29.3 Å². The lowest BCUT2D eigenvalue weighted by Crippen LogP contribution is -2.41. The van der Waals surface area contributed by atoms with Crippen LogP contribution in [0.25, 0.3) is 0 Å². The van der Waals surface area contributed by atoms with Crippen LogP contribution in [0.2, 0.25) is 0 Å². The third-order valence-electron chi connectivity index (χ3n) is 4.32. The predicted octanol–water partition coefficient (Wildman–Crippen LogP) is 1.22. The van der Waals surface area contributed by atoms with Crippen LogP contribution < -0.4 is 0 Å². The Bertz CT molecular complexity index is 713. The zero-order valence-electron chi connectivity index (χ0n) is 13.7. The first-order chi connectivity index (χ1) is 11.5. The highest BCUT2D eigenvalue weighted by molar-refractivity contribution is 7.89. The number of fused-ring (bicyclic) bond motifs is 1. The summed E-state index contributed by atoms with van der Waals surface area (Å²) in [5.74, 6) is 0. The molecule has 1 saturated heterocycles. The number of hydrogen-bond donors (Lipinski definition) is 0. The van der Waals surface area contributed by atoms with Gasteiger partial charge >= 0.3 is 6.09 Å². The molecule has 0 bridgehead atoms. The van der Waals surface area contributed by atoms with Gasteiger partial charge in [-0.25, -0.2) is 13.2 Å². The van der Waals surface area contributed by atoms with Gasteiger partial charge in [0.1, 0.15) is 0 Å². The quantitative estimate of drug-likeness (QED) is 0.816. The summed E-state index contributed by atoms with van der Waals surface area (Å²) in [4.78, 5) is 13.8. The number of ether oxygens (including phenoxy) is 2. The lowest BCUT2D eigenvalue weighted by molar-refractivity contribution is 0.0730. The zero-order valence-corrected chi connectivity index (χ0v) is 14.5. The second-order valence-electron chi connectivity index (χ2n) is 5.82. The number of sulfonamides is 1. The van der Waals surface area contributed by atoms with E-state index in [4.69, 9.17) is 9.47 Å². The number of carbonyl (C=O) groups is 1. The lowest BCUT2D eigenvalue weighted by atomic mass is 10.0. The average molecular weight is 354 g/mol. The third kappa shape index (κ3) is 3.40. The number of carbonyl (C=O) groups excluding carboxylic acids is 1. The molecule has 1 fully saturated rings. The van der Waals surface area contributed by atoms with Crippen LogP contribution in [0.15, 0.2) is 23.1 Å². The average Bonchev–Trinajstić information content (AvgIpc) is 2.61. The number of hydrogen-bond acceptors (Lipinski definition) is 5. The summed E-state index contributed by atoms with van der Waals surface area (Å²) in [6.07, 6.45) is 0.344. The van der Waals surface area contributed by atoms with Crippen molar-refractivity contribution in [3.8, 4) is 0 Å². The number of nitrogens with zero attached hydrogens (tertiary/aromatic N) is 2. The first kappa shape index (κ1) is 17.2. The fourth-order valence-corrected chi connectivity index (χ4v) is 4.46. The number of amides is 1. The highest BCUT2D eigenvalue weighted by Crippen LogP contribution is 2.25. The second-order valence-corrected chi connectivity index (χ2v) is 7.76. The Morgan fingerprint density at radius 3 is 2.67 bits per heavy atom. The molecule has 0 saturated carbocycles. The zero-order chi connectivity index (χ0) is 17.2. The highest BCUT2D eigenvalue weighted by atomic mass is 32.2. The van der Waals surface area contributed by atoms with E-state index in [-0.39, 0.29) is 11.0 Å². The van der Waals surface area contributed by atoms with Crippen molar-refractivity contribution in [2.24, 2.45) is 0 Å². The van der Waals surface area contributed by atoms with Crippen LogP contribution in [-0.4, -0.2) is 63.2 Å².